The Morgan fingerprint density at radius 1 is 1.26 bits per heavy atom. The minimum absolute atomic E-state index is 0.279. The zero-order chi connectivity index (χ0) is 19.8. The maximum atomic E-state index is 12.3. The van der Waals surface area contributed by atoms with Gasteiger partial charge >= 0.3 is 12.1 Å². The lowest BCUT2D eigenvalue weighted by Gasteiger charge is -2.43. The van der Waals surface area contributed by atoms with Crippen molar-refractivity contribution in [3.05, 3.63) is 17.0 Å². The predicted octanol–water partition coefficient (Wildman–Crippen LogP) is 2.44. The van der Waals surface area contributed by atoms with Crippen LogP contribution >= 0.6 is 0 Å². The summed E-state index contributed by atoms with van der Waals surface area (Å²) in [5.41, 5.74) is 1.34. The fourth-order valence-corrected chi connectivity index (χ4v) is 3.66. The van der Waals surface area contributed by atoms with E-state index >= 15 is 0 Å². The topological polar surface area (TPSA) is 82.9 Å². The minimum atomic E-state index is -0.499. The van der Waals surface area contributed by atoms with Crippen molar-refractivity contribution in [2.75, 3.05) is 19.7 Å². The number of carbonyl (C=O) groups excluding carboxylic acids is 2. The number of likely N-dealkylation sites (tertiary alicyclic amines) is 1. The summed E-state index contributed by atoms with van der Waals surface area (Å²) in [4.78, 5) is 26.1. The number of esters is 1. The summed E-state index contributed by atoms with van der Waals surface area (Å²) < 4.78 is 18.5. The predicted molar refractivity (Wildman–Crippen MR) is 97.4 cm³/mol. The van der Waals surface area contributed by atoms with Crippen LogP contribution in [0.25, 0.3) is 0 Å². The van der Waals surface area contributed by atoms with E-state index in [0.717, 1.165) is 24.1 Å². The van der Waals surface area contributed by atoms with Crippen molar-refractivity contribution >= 4 is 12.1 Å². The zero-order valence-corrected chi connectivity index (χ0v) is 16.8. The van der Waals surface area contributed by atoms with E-state index in [4.69, 9.17) is 14.2 Å². The van der Waals surface area contributed by atoms with Crippen LogP contribution in [-0.2, 0) is 34.3 Å². The van der Waals surface area contributed by atoms with Gasteiger partial charge in [-0.25, -0.2) is 9.59 Å². The molecule has 0 radical (unpaired) electrons. The van der Waals surface area contributed by atoms with Crippen LogP contribution in [0.3, 0.4) is 0 Å². The number of hydrogen-bond donors (Lipinski definition) is 0. The molecule has 0 bridgehead atoms. The van der Waals surface area contributed by atoms with E-state index in [9.17, 15) is 9.59 Å². The van der Waals surface area contributed by atoms with Crippen molar-refractivity contribution in [3.8, 4) is 0 Å². The molecular formula is C19H29N3O5. The average molecular weight is 379 g/mol. The number of rotatable bonds is 2. The molecule has 1 amide bonds. The molecule has 1 aromatic rings. The van der Waals surface area contributed by atoms with Gasteiger partial charge in [0.2, 0.25) is 0 Å². The molecule has 0 atom stereocenters. The molecule has 27 heavy (non-hydrogen) atoms. The molecule has 0 aromatic carbocycles. The summed E-state index contributed by atoms with van der Waals surface area (Å²) >= 11 is 0. The highest BCUT2D eigenvalue weighted by atomic mass is 16.6. The van der Waals surface area contributed by atoms with Crippen LogP contribution in [0.4, 0.5) is 4.79 Å². The van der Waals surface area contributed by atoms with E-state index < -0.39 is 11.6 Å². The standard InChI is InChI=1S/C19H29N3O5/c1-6-25-16(23)15-13-12-26-19(11-14(13)21(5)20-15)7-9-22(10-8-19)17(24)27-18(2,3)4/h6-12H2,1-5H3. The molecule has 3 rings (SSSR count). The largest absolute Gasteiger partial charge is 0.461 e. The van der Waals surface area contributed by atoms with Crippen molar-refractivity contribution in [2.24, 2.45) is 7.05 Å². The van der Waals surface area contributed by atoms with Crippen molar-refractivity contribution < 1.29 is 23.8 Å². The third kappa shape index (κ3) is 4.10. The second-order valence-electron chi connectivity index (χ2n) is 8.23. The van der Waals surface area contributed by atoms with Gasteiger partial charge in [-0.15, -0.1) is 0 Å². The highest BCUT2D eigenvalue weighted by Gasteiger charge is 2.43. The van der Waals surface area contributed by atoms with E-state index in [1.54, 1.807) is 16.5 Å². The maximum Gasteiger partial charge on any atom is 0.410 e. The monoisotopic (exact) mass is 379 g/mol. The van der Waals surface area contributed by atoms with Gasteiger partial charge in [-0.1, -0.05) is 0 Å². The molecule has 0 aliphatic carbocycles. The first-order valence-electron chi connectivity index (χ1n) is 9.48. The molecule has 8 nitrogen and oxygen atoms in total. The number of aromatic nitrogens is 2. The van der Waals surface area contributed by atoms with Crippen LogP contribution in [0.2, 0.25) is 0 Å². The summed E-state index contributed by atoms with van der Waals surface area (Å²) in [5.74, 6) is -0.409. The first-order chi connectivity index (χ1) is 12.6. The Morgan fingerprint density at radius 2 is 1.93 bits per heavy atom. The van der Waals surface area contributed by atoms with E-state index in [2.05, 4.69) is 5.10 Å². The molecule has 150 valence electrons. The van der Waals surface area contributed by atoms with Gasteiger partial charge in [-0.05, 0) is 40.5 Å². The Morgan fingerprint density at radius 3 is 2.52 bits per heavy atom. The van der Waals surface area contributed by atoms with E-state index in [1.165, 1.54) is 0 Å². The molecule has 0 saturated carbocycles. The summed E-state index contributed by atoms with van der Waals surface area (Å²) in [6.45, 7) is 9.21. The molecule has 2 aliphatic rings. The maximum absolute atomic E-state index is 12.3. The fourth-order valence-electron chi connectivity index (χ4n) is 3.66. The molecule has 1 fully saturated rings. The summed E-state index contributed by atoms with van der Waals surface area (Å²) in [6, 6.07) is 0. The third-order valence-corrected chi connectivity index (χ3v) is 5.08. The number of amides is 1. The van der Waals surface area contributed by atoms with Gasteiger partial charge in [-0.3, -0.25) is 4.68 Å². The van der Waals surface area contributed by atoms with E-state index in [0.29, 0.717) is 38.4 Å². The number of piperidine rings is 1. The van der Waals surface area contributed by atoms with Crippen LogP contribution in [0.1, 0.15) is 62.3 Å². The lowest BCUT2D eigenvalue weighted by Crippen LogP contribution is -2.51. The van der Waals surface area contributed by atoms with Crippen LogP contribution < -0.4 is 0 Å². The smallest absolute Gasteiger partial charge is 0.410 e. The summed E-state index contributed by atoms with van der Waals surface area (Å²) in [7, 11) is 1.84. The van der Waals surface area contributed by atoms with Crippen LogP contribution in [-0.4, -0.2) is 57.6 Å². The molecule has 8 heteroatoms. The average Bonchev–Trinajstić information content (AvgIpc) is 2.90. The van der Waals surface area contributed by atoms with Crippen LogP contribution in [0.5, 0.6) is 0 Å². The van der Waals surface area contributed by atoms with Gasteiger partial charge < -0.3 is 19.1 Å². The number of hydrogen-bond acceptors (Lipinski definition) is 6. The number of ether oxygens (including phenoxy) is 3. The minimum Gasteiger partial charge on any atom is -0.461 e. The summed E-state index contributed by atoms with van der Waals surface area (Å²) in [6.07, 6.45) is 1.85. The Hall–Kier alpha value is -2.09. The lowest BCUT2D eigenvalue weighted by atomic mass is 9.84. The zero-order valence-electron chi connectivity index (χ0n) is 16.8. The molecule has 0 N–H and O–H groups in total. The molecule has 1 spiro atoms. The molecule has 2 aliphatic heterocycles. The van der Waals surface area contributed by atoms with Crippen molar-refractivity contribution in [1.29, 1.82) is 0 Å². The van der Waals surface area contributed by atoms with Gasteiger partial charge in [0.25, 0.3) is 0 Å². The van der Waals surface area contributed by atoms with E-state index in [-0.39, 0.29) is 11.7 Å². The van der Waals surface area contributed by atoms with Crippen molar-refractivity contribution in [3.63, 3.8) is 0 Å². The quantitative estimate of drug-likeness (QED) is 0.734. The Bertz CT molecular complexity index is 726. The fraction of sp³-hybridized carbons (Fsp3) is 0.737. The highest BCUT2D eigenvalue weighted by Crippen LogP contribution is 2.37. The normalized spacial score (nSPS) is 18.9. The number of aryl methyl sites for hydroxylation is 1. The number of fused-ring (bicyclic) bond motifs is 1. The third-order valence-electron chi connectivity index (χ3n) is 5.08. The van der Waals surface area contributed by atoms with Crippen LogP contribution in [0, 0.1) is 0 Å². The highest BCUT2D eigenvalue weighted by molar-refractivity contribution is 5.89. The molecule has 1 saturated heterocycles. The van der Waals surface area contributed by atoms with Crippen molar-refractivity contribution in [2.45, 2.75) is 64.8 Å². The first kappa shape index (κ1) is 19.7. The first-order valence-corrected chi connectivity index (χ1v) is 9.48. The second-order valence-corrected chi connectivity index (χ2v) is 8.23. The molecule has 1 aromatic heterocycles. The summed E-state index contributed by atoms with van der Waals surface area (Å²) in [5, 5.41) is 4.35. The second kappa shape index (κ2) is 7.14. The van der Waals surface area contributed by atoms with Gasteiger partial charge in [0.15, 0.2) is 5.69 Å². The molecular weight excluding hydrogens is 350 g/mol. The van der Waals surface area contributed by atoms with E-state index in [1.807, 2.05) is 27.8 Å². The van der Waals surface area contributed by atoms with Crippen molar-refractivity contribution in [1.82, 2.24) is 14.7 Å². The van der Waals surface area contributed by atoms with Gasteiger partial charge in [0.05, 0.1) is 18.8 Å². The Balaban J connectivity index is 1.68. The molecule has 0 unspecified atom stereocenters. The number of nitrogens with zero attached hydrogens (tertiary/aromatic N) is 3. The van der Waals surface area contributed by atoms with Gasteiger partial charge in [-0.2, -0.15) is 5.10 Å². The van der Waals surface area contributed by atoms with Gasteiger partial charge in [0, 0.05) is 37.8 Å². The lowest BCUT2D eigenvalue weighted by molar-refractivity contribution is -0.103. The Labute approximate surface area is 159 Å². The molecule has 3 heterocycles. The van der Waals surface area contributed by atoms with Crippen LogP contribution in [0.15, 0.2) is 0 Å². The number of carbonyl (C=O) groups is 2. The Kier molecular flexibility index (Phi) is 5.20. The van der Waals surface area contributed by atoms with Gasteiger partial charge in [0.1, 0.15) is 5.60 Å². The SMILES string of the molecule is CCOC(=O)c1nn(C)c2c1COC1(CCN(C(=O)OC(C)(C)C)CC1)C2.